The van der Waals surface area contributed by atoms with Gasteiger partial charge in [0, 0.05) is 17.0 Å². The maximum atomic E-state index is 9.52. The fourth-order valence-electron chi connectivity index (χ4n) is 1.22. The number of hydrogen-bond acceptors (Lipinski definition) is 1. The largest absolute Gasteiger partial charge is 0.380 e. The standard InChI is InChI=1S/C14H13ClO/c1-2-12-6-3-4-7-13(12)9-10-14(16)8-5-11-15/h1,3-4,6-7,14,16H,5,8,11H2. The molecule has 0 aliphatic heterocycles. The molecule has 0 aromatic heterocycles. The lowest BCUT2D eigenvalue weighted by Gasteiger charge is -2.00. The van der Waals surface area contributed by atoms with E-state index in [0.29, 0.717) is 12.3 Å². The molecule has 0 heterocycles. The van der Waals surface area contributed by atoms with Crippen LogP contribution in [0.4, 0.5) is 0 Å². The Hall–Kier alpha value is -1.41. The summed E-state index contributed by atoms with van der Waals surface area (Å²) < 4.78 is 0. The van der Waals surface area contributed by atoms with E-state index in [1.165, 1.54) is 0 Å². The highest BCUT2D eigenvalue weighted by molar-refractivity contribution is 6.17. The van der Waals surface area contributed by atoms with E-state index in [9.17, 15) is 5.11 Å². The molecule has 0 bridgehead atoms. The lowest BCUT2D eigenvalue weighted by atomic mass is 10.1. The zero-order valence-corrected chi connectivity index (χ0v) is 9.67. The number of terminal acetylenes is 1. The van der Waals surface area contributed by atoms with E-state index < -0.39 is 6.10 Å². The molecule has 0 saturated heterocycles. The Labute approximate surface area is 101 Å². The molecule has 0 spiro atoms. The molecule has 16 heavy (non-hydrogen) atoms. The van der Waals surface area contributed by atoms with Crippen LogP contribution in [0.5, 0.6) is 0 Å². The second kappa shape index (κ2) is 6.96. The number of rotatable bonds is 3. The Morgan fingerprint density at radius 3 is 2.62 bits per heavy atom. The van der Waals surface area contributed by atoms with Gasteiger partial charge < -0.3 is 5.11 Å². The molecule has 1 nitrogen and oxygen atoms in total. The molecular formula is C14H13ClO. The molecule has 2 heteroatoms. The van der Waals surface area contributed by atoms with E-state index in [1.54, 1.807) is 0 Å². The zero-order chi connectivity index (χ0) is 11.8. The molecule has 82 valence electrons. The highest BCUT2D eigenvalue weighted by Gasteiger charge is 1.98. The van der Waals surface area contributed by atoms with Gasteiger partial charge in [0.25, 0.3) is 0 Å². The van der Waals surface area contributed by atoms with Crippen molar-refractivity contribution in [2.24, 2.45) is 0 Å². The van der Waals surface area contributed by atoms with Gasteiger partial charge in [0.05, 0.1) is 0 Å². The average molecular weight is 233 g/mol. The first-order chi connectivity index (χ1) is 7.77. The maximum Gasteiger partial charge on any atom is 0.115 e. The number of benzene rings is 1. The summed E-state index contributed by atoms with van der Waals surface area (Å²) in [7, 11) is 0. The van der Waals surface area contributed by atoms with Crippen molar-refractivity contribution >= 4 is 11.6 Å². The molecule has 1 aromatic rings. The number of alkyl halides is 1. The molecule has 1 rings (SSSR count). The Morgan fingerprint density at radius 2 is 2.00 bits per heavy atom. The average Bonchev–Trinajstić information content (AvgIpc) is 2.34. The minimum absolute atomic E-state index is 0.541. The van der Waals surface area contributed by atoms with Crippen LogP contribution in [0.2, 0.25) is 0 Å². The van der Waals surface area contributed by atoms with Crippen LogP contribution in [0, 0.1) is 24.2 Å². The molecule has 0 aliphatic carbocycles. The van der Waals surface area contributed by atoms with Gasteiger partial charge in [0.1, 0.15) is 6.10 Å². The summed E-state index contributed by atoms with van der Waals surface area (Å²) in [5.41, 5.74) is 1.52. The van der Waals surface area contributed by atoms with Crippen molar-refractivity contribution in [3.8, 4) is 24.2 Å². The molecule has 1 unspecified atom stereocenters. The molecule has 0 radical (unpaired) electrons. The number of aliphatic hydroxyl groups is 1. The monoisotopic (exact) mass is 232 g/mol. The van der Waals surface area contributed by atoms with E-state index in [-0.39, 0.29) is 0 Å². The Kier molecular flexibility index (Phi) is 5.51. The zero-order valence-electron chi connectivity index (χ0n) is 8.91. The second-order valence-electron chi connectivity index (χ2n) is 3.31. The SMILES string of the molecule is C#Cc1ccccc1C#CC(O)CCCCl. The first kappa shape index (κ1) is 12.7. The lowest BCUT2D eigenvalue weighted by molar-refractivity contribution is 0.221. The maximum absolute atomic E-state index is 9.52. The van der Waals surface area contributed by atoms with Crippen LogP contribution in [-0.2, 0) is 0 Å². The molecular weight excluding hydrogens is 220 g/mol. The highest BCUT2D eigenvalue weighted by Crippen LogP contribution is 2.05. The van der Waals surface area contributed by atoms with Crippen molar-refractivity contribution in [1.29, 1.82) is 0 Å². The van der Waals surface area contributed by atoms with Crippen LogP contribution >= 0.6 is 11.6 Å². The highest BCUT2D eigenvalue weighted by atomic mass is 35.5. The van der Waals surface area contributed by atoms with Crippen LogP contribution in [0.3, 0.4) is 0 Å². The molecule has 0 amide bonds. The first-order valence-electron chi connectivity index (χ1n) is 5.09. The van der Waals surface area contributed by atoms with Gasteiger partial charge in [-0.3, -0.25) is 0 Å². The van der Waals surface area contributed by atoms with E-state index in [4.69, 9.17) is 18.0 Å². The molecule has 1 N–H and O–H groups in total. The third kappa shape index (κ3) is 3.99. The van der Waals surface area contributed by atoms with E-state index >= 15 is 0 Å². The van der Waals surface area contributed by atoms with Crippen molar-refractivity contribution in [3.63, 3.8) is 0 Å². The fourth-order valence-corrected chi connectivity index (χ4v) is 1.38. The lowest BCUT2D eigenvalue weighted by Crippen LogP contribution is -2.02. The normalized spacial score (nSPS) is 11.1. The summed E-state index contributed by atoms with van der Waals surface area (Å²) in [6.45, 7) is 0. The van der Waals surface area contributed by atoms with Gasteiger partial charge in [-0.1, -0.05) is 29.9 Å². The van der Waals surface area contributed by atoms with E-state index in [0.717, 1.165) is 17.5 Å². The van der Waals surface area contributed by atoms with Gasteiger partial charge in [-0.2, -0.15) is 0 Å². The second-order valence-corrected chi connectivity index (χ2v) is 3.68. The molecule has 0 saturated carbocycles. The van der Waals surface area contributed by atoms with Crippen LogP contribution in [0.15, 0.2) is 24.3 Å². The predicted molar refractivity (Wildman–Crippen MR) is 67.2 cm³/mol. The summed E-state index contributed by atoms with van der Waals surface area (Å²) in [5.74, 6) is 8.75. The van der Waals surface area contributed by atoms with Gasteiger partial charge in [-0.25, -0.2) is 0 Å². The molecule has 0 aliphatic rings. The number of halogens is 1. The Balaban J connectivity index is 2.73. The third-order valence-electron chi connectivity index (χ3n) is 2.07. The topological polar surface area (TPSA) is 20.2 Å². The van der Waals surface area contributed by atoms with Crippen molar-refractivity contribution in [1.82, 2.24) is 0 Å². The van der Waals surface area contributed by atoms with Crippen LogP contribution in [-0.4, -0.2) is 17.1 Å². The van der Waals surface area contributed by atoms with Gasteiger partial charge in [0.2, 0.25) is 0 Å². The first-order valence-corrected chi connectivity index (χ1v) is 5.62. The van der Waals surface area contributed by atoms with Gasteiger partial charge in [-0.15, -0.1) is 18.0 Å². The Bertz CT molecular complexity index is 434. The van der Waals surface area contributed by atoms with Gasteiger partial charge in [-0.05, 0) is 25.0 Å². The summed E-state index contributed by atoms with van der Waals surface area (Å²) in [6, 6.07) is 7.41. The quantitative estimate of drug-likeness (QED) is 0.627. The van der Waals surface area contributed by atoms with Crippen molar-refractivity contribution in [2.75, 3.05) is 5.88 Å². The fraction of sp³-hybridized carbons (Fsp3) is 0.286. The number of hydrogen-bond donors (Lipinski definition) is 1. The Morgan fingerprint density at radius 1 is 1.31 bits per heavy atom. The summed E-state index contributed by atoms with van der Waals surface area (Å²) in [4.78, 5) is 0. The van der Waals surface area contributed by atoms with E-state index in [1.807, 2.05) is 24.3 Å². The summed E-state index contributed by atoms with van der Waals surface area (Å²) >= 11 is 5.52. The summed E-state index contributed by atoms with van der Waals surface area (Å²) in [6.07, 6.45) is 6.05. The third-order valence-corrected chi connectivity index (χ3v) is 2.33. The minimum atomic E-state index is -0.635. The van der Waals surface area contributed by atoms with Crippen LogP contribution in [0.25, 0.3) is 0 Å². The number of aliphatic hydroxyl groups excluding tert-OH is 1. The molecule has 1 atom stereocenters. The van der Waals surface area contributed by atoms with Crippen molar-refractivity contribution < 1.29 is 5.11 Å². The van der Waals surface area contributed by atoms with E-state index in [2.05, 4.69) is 17.8 Å². The van der Waals surface area contributed by atoms with Crippen LogP contribution in [0.1, 0.15) is 24.0 Å². The van der Waals surface area contributed by atoms with Crippen molar-refractivity contribution in [2.45, 2.75) is 18.9 Å². The summed E-state index contributed by atoms with van der Waals surface area (Å²) in [5, 5.41) is 9.52. The van der Waals surface area contributed by atoms with Crippen molar-refractivity contribution in [3.05, 3.63) is 35.4 Å². The predicted octanol–water partition coefficient (Wildman–Crippen LogP) is 2.40. The molecule has 0 fully saturated rings. The van der Waals surface area contributed by atoms with Crippen LogP contribution < -0.4 is 0 Å². The van der Waals surface area contributed by atoms with Gasteiger partial charge >= 0.3 is 0 Å². The minimum Gasteiger partial charge on any atom is -0.380 e. The smallest absolute Gasteiger partial charge is 0.115 e. The molecule has 1 aromatic carbocycles. The van der Waals surface area contributed by atoms with Gasteiger partial charge in [0.15, 0.2) is 0 Å².